The van der Waals surface area contributed by atoms with Crippen LogP contribution in [0.1, 0.15) is 35.8 Å². The highest BCUT2D eigenvalue weighted by Gasteiger charge is 2.29. The van der Waals surface area contributed by atoms with Crippen molar-refractivity contribution in [2.24, 2.45) is 5.92 Å². The summed E-state index contributed by atoms with van der Waals surface area (Å²) in [5.41, 5.74) is 2.59. The lowest BCUT2D eigenvalue weighted by atomic mass is 9.95. The summed E-state index contributed by atoms with van der Waals surface area (Å²) >= 11 is 0. The van der Waals surface area contributed by atoms with Gasteiger partial charge >= 0.3 is 0 Å². The summed E-state index contributed by atoms with van der Waals surface area (Å²) in [5.74, 6) is -0.606. The van der Waals surface area contributed by atoms with Crippen molar-refractivity contribution < 1.29 is 14.0 Å². The Labute approximate surface area is 179 Å². The van der Waals surface area contributed by atoms with Gasteiger partial charge in [-0.2, -0.15) is 10.2 Å². The molecule has 31 heavy (non-hydrogen) atoms. The van der Waals surface area contributed by atoms with Gasteiger partial charge in [0, 0.05) is 31.7 Å². The summed E-state index contributed by atoms with van der Waals surface area (Å²) in [6.45, 7) is 5.56. The van der Waals surface area contributed by atoms with E-state index in [0.29, 0.717) is 48.6 Å². The molecule has 0 unspecified atom stereocenters. The van der Waals surface area contributed by atoms with Crippen LogP contribution in [-0.4, -0.2) is 49.4 Å². The molecule has 1 N–H and O–H groups in total. The number of carbonyl (C=O) groups excluding carboxylic acids is 2. The van der Waals surface area contributed by atoms with Crippen molar-refractivity contribution in [3.05, 3.63) is 59.9 Å². The van der Waals surface area contributed by atoms with E-state index in [1.165, 1.54) is 12.1 Å². The van der Waals surface area contributed by atoms with Crippen molar-refractivity contribution in [2.45, 2.75) is 33.2 Å². The molecule has 0 spiro atoms. The van der Waals surface area contributed by atoms with Crippen LogP contribution in [0.4, 0.5) is 10.1 Å². The van der Waals surface area contributed by atoms with Gasteiger partial charge < -0.3 is 10.2 Å². The minimum atomic E-state index is -0.323. The number of carbonyl (C=O) groups is 2. The van der Waals surface area contributed by atoms with Gasteiger partial charge in [0.15, 0.2) is 0 Å². The molecule has 0 aliphatic carbocycles. The van der Waals surface area contributed by atoms with Crippen molar-refractivity contribution in [1.29, 1.82) is 0 Å². The second kappa shape index (κ2) is 8.71. The molecule has 8 nitrogen and oxygen atoms in total. The zero-order chi connectivity index (χ0) is 22.0. The van der Waals surface area contributed by atoms with E-state index in [9.17, 15) is 14.0 Å². The lowest BCUT2D eigenvalue weighted by Gasteiger charge is -2.31. The van der Waals surface area contributed by atoms with Gasteiger partial charge in [0.05, 0.1) is 35.0 Å². The molecule has 162 valence electrons. The Kier molecular flexibility index (Phi) is 5.83. The second-order valence-electron chi connectivity index (χ2n) is 7.67. The summed E-state index contributed by atoms with van der Waals surface area (Å²) in [5, 5.41) is 11.4. The number of hydrogen-bond donors (Lipinski definition) is 1. The number of anilines is 1. The molecule has 2 aromatic heterocycles. The Morgan fingerprint density at radius 2 is 1.84 bits per heavy atom. The topological polar surface area (TPSA) is 85.0 Å². The van der Waals surface area contributed by atoms with Crippen LogP contribution in [0.3, 0.4) is 0 Å². The number of nitrogens with one attached hydrogen (secondary N) is 1. The fourth-order valence-electron chi connectivity index (χ4n) is 3.82. The Balaban J connectivity index is 1.37. The van der Waals surface area contributed by atoms with Crippen molar-refractivity contribution >= 4 is 17.5 Å². The number of likely N-dealkylation sites (tertiary alicyclic amines) is 1. The number of rotatable bonds is 5. The van der Waals surface area contributed by atoms with Gasteiger partial charge in [-0.3, -0.25) is 14.3 Å². The highest BCUT2D eigenvalue weighted by atomic mass is 19.1. The standard InChI is InChI=1S/C22H25FN6O2/c1-3-28-14-18(12-24-28)26-21(30)16-8-10-27(11-9-16)22(31)20-13-25-29(15(20)2)19-6-4-17(23)5-7-19/h4-7,12-14,16H,3,8-11H2,1-2H3,(H,26,30). The highest BCUT2D eigenvalue weighted by Crippen LogP contribution is 2.23. The fourth-order valence-corrected chi connectivity index (χ4v) is 3.82. The van der Waals surface area contributed by atoms with E-state index < -0.39 is 0 Å². The average molecular weight is 424 g/mol. The quantitative estimate of drug-likeness (QED) is 0.682. The van der Waals surface area contributed by atoms with Crippen molar-refractivity contribution in [2.75, 3.05) is 18.4 Å². The number of halogens is 1. The minimum absolute atomic E-state index is 0.0388. The van der Waals surface area contributed by atoms with E-state index >= 15 is 0 Å². The van der Waals surface area contributed by atoms with Gasteiger partial charge in [-0.05, 0) is 51.0 Å². The van der Waals surface area contributed by atoms with Crippen LogP contribution < -0.4 is 5.32 Å². The Hall–Kier alpha value is -3.49. The fraction of sp³-hybridized carbons (Fsp3) is 0.364. The van der Waals surface area contributed by atoms with Crippen molar-refractivity contribution in [3.8, 4) is 5.69 Å². The van der Waals surface area contributed by atoms with E-state index in [1.54, 1.807) is 45.0 Å². The molecule has 1 aliphatic rings. The zero-order valence-electron chi connectivity index (χ0n) is 17.6. The first-order chi connectivity index (χ1) is 15.0. The zero-order valence-corrected chi connectivity index (χ0v) is 17.6. The maximum atomic E-state index is 13.2. The largest absolute Gasteiger partial charge is 0.338 e. The third-order valence-corrected chi connectivity index (χ3v) is 5.69. The third-order valence-electron chi connectivity index (χ3n) is 5.69. The maximum absolute atomic E-state index is 13.2. The molecule has 0 radical (unpaired) electrons. The molecule has 4 rings (SSSR count). The normalized spacial score (nSPS) is 14.6. The molecule has 0 saturated carbocycles. The molecular weight excluding hydrogens is 399 g/mol. The predicted molar refractivity (Wildman–Crippen MR) is 113 cm³/mol. The van der Waals surface area contributed by atoms with Gasteiger partial charge in [-0.25, -0.2) is 9.07 Å². The smallest absolute Gasteiger partial charge is 0.257 e. The monoisotopic (exact) mass is 424 g/mol. The molecule has 0 bridgehead atoms. The third kappa shape index (κ3) is 4.35. The number of hydrogen-bond acceptors (Lipinski definition) is 4. The molecule has 2 amide bonds. The highest BCUT2D eigenvalue weighted by molar-refractivity contribution is 5.96. The van der Waals surface area contributed by atoms with Crippen LogP contribution in [0.15, 0.2) is 42.9 Å². The van der Waals surface area contributed by atoms with E-state index in [-0.39, 0.29) is 23.5 Å². The molecular formula is C22H25FN6O2. The second-order valence-corrected chi connectivity index (χ2v) is 7.67. The van der Waals surface area contributed by atoms with Gasteiger partial charge in [-0.15, -0.1) is 0 Å². The van der Waals surface area contributed by atoms with Crippen LogP contribution in [0.5, 0.6) is 0 Å². The van der Waals surface area contributed by atoms with Gasteiger partial charge in [0.1, 0.15) is 5.82 Å². The summed E-state index contributed by atoms with van der Waals surface area (Å²) < 4.78 is 16.6. The average Bonchev–Trinajstić information content (AvgIpc) is 3.40. The molecule has 1 saturated heterocycles. The predicted octanol–water partition coefficient (Wildman–Crippen LogP) is 3.03. The lowest BCUT2D eigenvalue weighted by molar-refractivity contribution is -0.121. The molecule has 3 aromatic rings. The maximum Gasteiger partial charge on any atom is 0.257 e. The van der Waals surface area contributed by atoms with Crippen LogP contribution in [0.25, 0.3) is 5.69 Å². The van der Waals surface area contributed by atoms with Gasteiger partial charge in [0.2, 0.25) is 5.91 Å². The van der Waals surface area contributed by atoms with Crippen LogP contribution >= 0.6 is 0 Å². The Morgan fingerprint density at radius 1 is 1.13 bits per heavy atom. The van der Waals surface area contributed by atoms with Crippen molar-refractivity contribution in [1.82, 2.24) is 24.5 Å². The first-order valence-corrected chi connectivity index (χ1v) is 10.4. The van der Waals surface area contributed by atoms with Gasteiger partial charge in [-0.1, -0.05) is 0 Å². The molecule has 0 atom stereocenters. The lowest BCUT2D eigenvalue weighted by Crippen LogP contribution is -2.41. The van der Waals surface area contributed by atoms with Gasteiger partial charge in [0.25, 0.3) is 5.91 Å². The number of aryl methyl sites for hydroxylation is 1. The minimum Gasteiger partial charge on any atom is -0.338 e. The Morgan fingerprint density at radius 3 is 2.48 bits per heavy atom. The van der Waals surface area contributed by atoms with E-state index in [4.69, 9.17) is 0 Å². The molecule has 1 fully saturated rings. The summed E-state index contributed by atoms with van der Waals surface area (Å²) in [6.07, 6.45) is 6.19. The molecule has 3 heterocycles. The summed E-state index contributed by atoms with van der Waals surface area (Å²) in [6, 6.07) is 5.97. The summed E-state index contributed by atoms with van der Waals surface area (Å²) in [7, 11) is 0. The number of aromatic nitrogens is 4. The summed E-state index contributed by atoms with van der Waals surface area (Å²) in [4.78, 5) is 27.3. The van der Waals surface area contributed by atoms with E-state index in [2.05, 4.69) is 15.5 Å². The number of amides is 2. The van der Waals surface area contributed by atoms with Crippen molar-refractivity contribution in [3.63, 3.8) is 0 Å². The SMILES string of the molecule is CCn1cc(NC(=O)C2CCN(C(=O)c3cnn(-c4ccc(F)cc4)c3C)CC2)cn1. The van der Waals surface area contributed by atoms with Crippen LogP contribution in [0, 0.1) is 18.7 Å². The number of nitrogens with zero attached hydrogens (tertiary/aromatic N) is 5. The molecule has 9 heteroatoms. The van der Waals surface area contributed by atoms with Crippen LogP contribution in [-0.2, 0) is 11.3 Å². The van der Waals surface area contributed by atoms with E-state index in [1.807, 2.05) is 13.8 Å². The van der Waals surface area contributed by atoms with Crippen LogP contribution in [0.2, 0.25) is 0 Å². The number of piperidine rings is 1. The first-order valence-electron chi connectivity index (χ1n) is 10.4. The van der Waals surface area contributed by atoms with E-state index in [0.717, 1.165) is 6.54 Å². The Bertz CT molecular complexity index is 1080. The first kappa shape index (κ1) is 20.8. The molecule has 1 aliphatic heterocycles. The molecule has 1 aromatic carbocycles. The number of benzene rings is 1.